The molecular formula is C14H12ClN5O. The fourth-order valence-electron chi connectivity index (χ4n) is 2.38. The zero-order valence-corrected chi connectivity index (χ0v) is 11.9. The molecular weight excluding hydrogens is 290 g/mol. The molecule has 0 N–H and O–H groups in total. The van der Waals surface area contributed by atoms with Crippen LogP contribution in [-0.4, -0.2) is 46.1 Å². The summed E-state index contributed by atoms with van der Waals surface area (Å²) in [6.45, 7) is 1.38. The number of hydrogen-bond donors (Lipinski definition) is 0. The highest BCUT2D eigenvalue weighted by Gasteiger charge is 2.37. The average molecular weight is 302 g/mol. The van der Waals surface area contributed by atoms with Crippen molar-refractivity contribution in [3.05, 3.63) is 40.4 Å². The Labute approximate surface area is 126 Å². The molecule has 2 aliphatic rings. The van der Waals surface area contributed by atoms with Crippen LogP contribution in [0, 0.1) is 0 Å². The zero-order chi connectivity index (χ0) is 14.8. The predicted octanol–water partition coefficient (Wildman–Crippen LogP) is 1.79. The van der Waals surface area contributed by atoms with E-state index in [1.54, 1.807) is 29.2 Å². The van der Waals surface area contributed by atoms with E-state index in [9.17, 15) is 4.79 Å². The Morgan fingerprint density at radius 2 is 1.95 bits per heavy atom. The number of hydrogen-bond acceptors (Lipinski definition) is 2. The highest BCUT2D eigenvalue weighted by Crippen LogP contribution is 2.20. The molecule has 0 saturated carbocycles. The zero-order valence-electron chi connectivity index (χ0n) is 11.2. The van der Waals surface area contributed by atoms with Gasteiger partial charge in [0, 0.05) is 13.1 Å². The van der Waals surface area contributed by atoms with E-state index in [4.69, 9.17) is 17.1 Å². The molecule has 0 aromatic heterocycles. The molecule has 3 rings (SSSR count). The van der Waals surface area contributed by atoms with Gasteiger partial charge >= 0.3 is 5.84 Å². The lowest BCUT2D eigenvalue weighted by Gasteiger charge is -2.12. The van der Waals surface area contributed by atoms with Gasteiger partial charge in [-0.1, -0.05) is 23.7 Å². The first-order chi connectivity index (χ1) is 10.2. The van der Waals surface area contributed by atoms with Gasteiger partial charge in [0.25, 0.3) is 11.7 Å². The molecule has 0 radical (unpaired) electrons. The van der Waals surface area contributed by atoms with Crippen LogP contribution in [0.4, 0.5) is 0 Å². The van der Waals surface area contributed by atoms with E-state index in [2.05, 4.69) is 14.8 Å². The molecule has 0 atom stereocenters. The number of rotatable bonds is 2. The van der Waals surface area contributed by atoms with Gasteiger partial charge in [-0.2, -0.15) is 4.99 Å². The van der Waals surface area contributed by atoms with Crippen LogP contribution in [-0.2, 0) is 4.79 Å². The molecule has 7 heteroatoms. The number of aliphatic imine (C=N–C) groups is 2. The van der Waals surface area contributed by atoms with Crippen molar-refractivity contribution in [1.82, 2.24) is 4.90 Å². The first-order valence-corrected chi connectivity index (χ1v) is 7.02. The molecule has 0 spiro atoms. The highest BCUT2D eigenvalue weighted by atomic mass is 35.5. The summed E-state index contributed by atoms with van der Waals surface area (Å²) in [7, 11) is 0. The molecule has 1 amide bonds. The van der Waals surface area contributed by atoms with Crippen molar-refractivity contribution < 1.29 is 9.58 Å². The minimum atomic E-state index is -0.258. The minimum Gasteiger partial charge on any atom is -0.497 e. The Morgan fingerprint density at radius 3 is 2.62 bits per heavy atom. The van der Waals surface area contributed by atoms with Crippen molar-refractivity contribution in [1.29, 1.82) is 0 Å². The summed E-state index contributed by atoms with van der Waals surface area (Å²) in [6, 6.07) is 7.06. The second-order valence-electron chi connectivity index (χ2n) is 4.80. The van der Waals surface area contributed by atoms with Crippen LogP contribution in [0.15, 0.2) is 34.3 Å². The van der Waals surface area contributed by atoms with Crippen LogP contribution in [0.1, 0.15) is 18.4 Å². The Morgan fingerprint density at radius 1 is 1.24 bits per heavy atom. The van der Waals surface area contributed by atoms with Crippen LogP contribution in [0.25, 0.3) is 5.53 Å². The molecule has 21 heavy (non-hydrogen) atoms. The van der Waals surface area contributed by atoms with Crippen molar-refractivity contribution in [2.45, 2.75) is 12.8 Å². The fourth-order valence-corrected chi connectivity index (χ4v) is 2.60. The van der Waals surface area contributed by atoms with Gasteiger partial charge in [0.2, 0.25) is 5.71 Å². The maximum Gasteiger partial charge on any atom is 0.435 e. The van der Waals surface area contributed by atoms with Gasteiger partial charge in [0.05, 0.1) is 10.6 Å². The van der Waals surface area contributed by atoms with Gasteiger partial charge in [0.15, 0.2) is 0 Å². The standard InChI is InChI=1S/C14H12ClN5O/c15-10-6-2-1-5-9(10)12-17-11(13(18-12)19-16)14(21)20-7-3-4-8-20/h1-2,5-6H,3-4,7-8H2. The smallest absolute Gasteiger partial charge is 0.435 e. The van der Waals surface area contributed by atoms with Gasteiger partial charge in [0.1, 0.15) is 0 Å². The molecule has 1 fully saturated rings. The summed E-state index contributed by atoms with van der Waals surface area (Å²) in [4.78, 5) is 25.4. The third-order valence-corrected chi connectivity index (χ3v) is 3.78. The predicted molar refractivity (Wildman–Crippen MR) is 79.9 cm³/mol. The number of benzene rings is 1. The minimum absolute atomic E-state index is 0.0642. The molecule has 106 valence electrons. The van der Waals surface area contributed by atoms with Gasteiger partial charge in [-0.05, 0) is 30.0 Å². The number of carbonyl (C=O) groups is 1. The third-order valence-electron chi connectivity index (χ3n) is 3.45. The van der Waals surface area contributed by atoms with E-state index in [1.807, 2.05) is 0 Å². The van der Waals surface area contributed by atoms with Crippen LogP contribution >= 0.6 is 11.6 Å². The molecule has 1 saturated heterocycles. The number of amidine groups is 2. The summed E-state index contributed by atoms with van der Waals surface area (Å²) in [5.74, 6) is -0.0381. The Hall–Kier alpha value is -2.30. The van der Waals surface area contributed by atoms with Crippen LogP contribution in [0.2, 0.25) is 5.02 Å². The second kappa shape index (κ2) is 5.60. The first-order valence-electron chi connectivity index (χ1n) is 6.64. The van der Waals surface area contributed by atoms with Crippen LogP contribution in [0.5, 0.6) is 0 Å². The van der Waals surface area contributed by atoms with Gasteiger partial charge < -0.3 is 15.2 Å². The SMILES string of the molecule is [N-]=[N+]=C1N=C(c2ccccc2Cl)N=C1C(=O)N1CCCC1. The monoisotopic (exact) mass is 301 g/mol. The first kappa shape index (κ1) is 13.7. The largest absolute Gasteiger partial charge is 0.497 e. The Bertz CT molecular complexity index is 712. The van der Waals surface area contributed by atoms with E-state index in [-0.39, 0.29) is 23.3 Å². The van der Waals surface area contributed by atoms with Crippen molar-refractivity contribution in [3.63, 3.8) is 0 Å². The van der Waals surface area contributed by atoms with E-state index in [1.165, 1.54) is 0 Å². The molecule has 0 unspecified atom stereocenters. The van der Waals surface area contributed by atoms with Gasteiger partial charge in [-0.3, -0.25) is 4.79 Å². The molecule has 1 aromatic rings. The summed E-state index contributed by atoms with van der Waals surface area (Å²) < 4.78 is 0. The number of amides is 1. The third kappa shape index (κ3) is 2.51. The average Bonchev–Trinajstić information content (AvgIpc) is 3.16. The lowest BCUT2D eigenvalue weighted by atomic mass is 10.2. The highest BCUT2D eigenvalue weighted by molar-refractivity contribution is 6.69. The maximum atomic E-state index is 12.4. The van der Waals surface area contributed by atoms with Crippen molar-refractivity contribution in [2.75, 3.05) is 13.1 Å². The van der Waals surface area contributed by atoms with Crippen molar-refractivity contribution in [3.8, 4) is 0 Å². The van der Waals surface area contributed by atoms with Crippen LogP contribution < -0.4 is 0 Å². The number of nitrogens with zero attached hydrogens (tertiary/aromatic N) is 5. The summed E-state index contributed by atoms with van der Waals surface area (Å²) in [5.41, 5.74) is 9.72. The van der Waals surface area contributed by atoms with E-state index >= 15 is 0 Å². The summed E-state index contributed by atoms with van der Waals surface area (Å²) in [5, 5.41) is 0.479. The number of halogens is 1. The van der Waals surface area contributed by atoms with Crippen molar-refractivity contribution in [2.24, 2.45) is 9.98 Å². The fraction of sp³-hybridized carbons (Fsp3) is 0.286. The maximum absolute atomic E-state index is 12.4. The topological polar surface area (TPSA) is 81.4 Å². The van der Waals surface area contributed by atoms with Crippen molar-refractivity contribution >= 4 is 34.9 Å². The molecule has 0 aliphatic carbocycles. The second-order valence-corrected chi connectivity index (χ2v) is 5.21. The molecule has 1 aromatic carbocycles. The molecule has 2 heterocycles. The Kier molecular flexibility index (Phi) is 3.64. The lowest BCUT2D eigenvalue weighted by Crippen LogP contribution is -2.37. The molecule has 0 bridgehead atoms. The summed E-state index contributed by atoms with van der Waals surface area (Å²) >= 11 is 6.10. The van der Waals surface area contributed by atoms with Crippen LogP contribution in [0.3, 0.4) is 0 Å². The van der Waals surface area contributed by atoms with Gasteiger partial charge in [-0.25, -0.2) is 0 Å². The van der Waals surface area contributed by atoms with E-state index in [0.29, 0.717) is 23.7 Å². The normalized spacial score (nSPS) is 17.6. The van der Waals surface area contributed by atoms with Gasteiger partial charge in [-0.15, -0.1) is 0 Å². The molecule has 6 nitrogen and oxygen atoms in total. The van der Waals surface area contributed by atoms with E-state index < -0.39 is 0 Å². The Balaban J connectivity index is 1.96. The molecule has 2 aliphatic heterocycles. The number of likely N-dealkylation sites (tertiary alicyclic amines) is 1. The number of carbonyl (C=O) groups excluding carboxylic acids is 1. The summed E-state index contributed by atoms with van der Waals surface area (Å²) in [6.07, 6.45) is 1.95. The lowest BCUT2D eigenvalue weighted by molar-refractivity contribution is -0.123. The quantitative estimate of drug-likeness (QED) is 0.605. The van der Waals surface area contributed by atoms with E-state index in [0.717, 1.165) is 12.8 Å².